The highest BCUT2D eigenvalue weighted by Gasteiger charge is 2.15. The smallest absolute Gasteiger partial charge is 0.341 e. The monoisotopic (exact) mass is 359 g/mol. The number of hydrogen-bond acceptors (Lipinski definition) is 6. The van der Waals surface area contributed by atoms with Crippen LogP contribution in [0.1, 0.15) is 15.9 Å². The van der Waals surface area contributed by atoms with Crippen molar-refractivity contribution in [2.75, 3.05) is 27.9 Å². The standard InChI is InChI=1S/C19H21NO6/c1-23-14-6-4-13(5-7-14)11-20-18(21)12-26-17-9-8-15(24-2)10-16(17)19(22)25-3/h4-10H,11-12H2,1-3H3,(H,20,21). The molecule has 2 rings (SSSR count). The summed E-state index contributed by atoms with van der Waals surface area (Å²) in [5.74, 6) is 0.599. The van der Waals surface area contributed by atoms with Crippen LogP contribution in [-0.2, 0) is 16.1 Å². The SMILES string of the molecule is COC(=O)c1cc(OC)ccc1OCC(=O)NCc1ccc(OC)cc1. The molecule has 0 atom stereocenters. The molecule has 0 saturated carbocycles. The van der Waals surface area contributed by atoms with E-state index >= 15 is 0 Å². The van der Waals surface area contributed by atoms with Crippen LogP contribution in [0.2, 0.25) is 0 Å². The number of ether oxygens (including phenoxy) is 4. The first kappa shape index (κ1) is 19.1. The van der Waals surface area contributed by atoms with Crippen LogP contribution >= 0.6 is 0 Å². The fourth-order valence-corrected chi connectivity index (χ4v) is 2.17. The molecule has 2 aromatic carbocycles. The van der Waals surface area contributed by atoms with Gasteiger partial charge in [0.05, 0.1) is 21.3 Å². The zero-order valence-electron chi connectivity index (χ0n) is 14.9. The molecule has 0 aromatic heterocycles. The summed E-state index contributed by atoms with van der Waals surface area (Å²) < 4.78 is 20.3. The summed E-state index contributed by atoms with van der Waals surface area (Å²) in [6.45, 7) is 0.130. The molecule has 138 valence electrons. The summed E-state index contributed by atoms with van der Waals surface area (Å²) in [6, 6.07) is 12.0. The molecule has 0 spiro atoms. The second kappa shape index (κ2) is 9.31. The third-order valence-electron chi connectivity index (χ3n) is 3.60. The molecule has 0 saturated heterocycles. The lowest BCUT2D eigenvalue weighted by atomic mass is 10.2. The largest absolute Gasteiger partial charge is 0.497 e. The zero-order chi connectivity index (χ0) is 18.9. The first-order chi connectivity index (χ1) is 12.6. The number of rotatable bonds is 8. The highest BCUT2D eigenvalue weighted by atomic mass is 16.5. The van der Waals surface area contributed by atoms with Crippen molar-refractivity contribution in [1.29, 1.82) is 0 Å². The lowest BCUT2D eigenvalue weighted by molar-refractivity contribution is -0.123. The van der Waals surface area contributed by atoms with Crippen LogP contribution in [0, 0.1) is 0 Å². The van der Waals surface area contributed by atoms with Crippen molar-refractivity contribution >= 4 is 11.9 Å². The van der Waals surface area contributed by atoms with Crippen LogP contribution in [0.25, 0.3) is 0 Å². The Labute approximate surface area is 151 Å². The molecule has 0 aliphatic rings. The van der Waals surface area contributed by atoms with Gasteiger partial charge in [-0.15, -0.1) is 0 Å². The van der Waals surface area contributed by atoms with E-state index in [-0.39, 0.29) is 23.8 Å². The number of methoxy groups -OCH3 is 3. The van der Waals surface area contributed by atoms with E-state index in [9.17, 15) is 9.59 Å². The lowest BCUT2D eigenvalue weighted by Gasteiger charge is -2.12. The van der Waals surface area contributed by atoms with Gasteiger partial charge in [-0.05, 0) is 35.9 Å². The average Bonchev–Trinajstić information content (AvgIpc) is 2.70. The maximum absolute atomic E-state index is 12.0. The molecule has 7 nitrogen and oxygen atoms in total. The molecule has 1 amide bonds. The molecule has 7 heteroatoms. The number of nitrogens with one attached hydrogen (secondary N) is 1. The van der Waals surface area contributed by atoms with Crippen LogP contribution in [0.15, 0.2) is 42.5 Å². The molecule has 0 heterocycles. The van der Waals surface area contributed by atoms with Crippen LogP contribution in [-0.4, -0.2) is 39.8 Å². The Balaban J connectivity index is 1.92. The number of esters is 1. The van der Waals surface area contributed by atoms with Gasteiger partial charge in [-0.25, -0.2) is 4.79 Å². The third kappa shape index (κ3) is 5.14. The van der Waals surface area contributed by atoms with Gasteiger partial charge in [0.15, 0.2) is 6.61 Å². The molecule has 2 aromatic rings. The first-order valence-electron chi connectivity index (χ1n) is 7.86. The summed E-state index contributed by atoms with van der Waals surface area (Å²) >= 11 is 0. The molecule has 26 heavy (non-hydrogen) atoms. The normalized spacial score (nSPS) is 9.96. The average molecular weight is 359 g/mol. The Kier molecular flexibility index (Phi) is 6.84. The molecular formula is C19H21NO6. The Morgan fingerprint density at radius 2 is 1.58 bits per heavy atom. The Hall–Kier alpha value is -3.22. The fourth-order valence-electron chi connectivity index (χ4n) is 2.17. The van der Waals surface area contributed by atoms with Crippen molar-refractivity contribution < 1.29 is 28.5 Å². The first-order valence-corrected chi connectivity index (χ1v) is 7.86. The van der Waals surface area contributed by atoms with E-state index in [1.54, 1.807) is 19.2 Å². The van der Waals surface area contributed by atoms with Crippen LogP contribution in [0.3, 0.4) is 0 Å². The molecular weight excluding hydrogens is 338 g/mol. The minimum absolute atomic E-state index is 0.190. The summed E-state index contributed by atoms with van der Waals surface area (Å²) in [6.07, 6.45) is 0. The Bertz CT molecular complexity index is 757. The van der Waals surface area contributed by atoms with Gasteiger partial charge in [0.2, 0.25) is 0 Å². The number of benzene rings is 2. The molecule has 0 unspecified atom stereocenters. The summed E-state index contributed by atoms with van der Waals surface area (Å²) in [5.41, 5.74) is 1.12. The summed E-state index contributed by atoms with van der Waals surface area (Å²) in [5, 5.41) is 2.75. The topological polar surface area (TPSA) is 83.1 Å². The molecule has 0 fully saturated rings. The van der Waals surface area contributed by atoms with Crippen molar-refractivity contribution in [2.24, 2.45) is 0 Å². The quantitative estimate of drug-likeness (QED) is 0.728. The van der Waals surface area contributed by atoms with Crippen molar-refractivity contribution in [2.45, 2.75) is 6.54 Å². The predicted octanol–water partition coefficient (Wildman–Crippen LogP) is 2.19. The molecule has 0 aliphatic carbocycles. The van der Waals surface area contributed by atoms with Crippen molar-refractivity contribution in [3.8, 4) is 17.2 Å². The van der Waals surface area contributed by atoms with Gasteiger partial charge >= 0.3 is 5.97 Å². The van der Waals surface area contributed by atoms with E-state index in [0.717, 1.165) is 11.3 Å². The summed E-state index contributed by atoms with van der Waals surface area (Å²) in [4.78, 5) is 23.8. The van der Waals surface area contributed by atoms with E-state index < -0.39 is 5.97 Å². The van der Waals surface area contributed by atoms with Crippen molar-refractivity contribution in [3.05, 3.63) is 53.6 Å². The highest BCUT2D eigenvalue weighted by molar-refractivity contribution is 5.93. The zero-order valence-corrected chi connectivity index (χ0v) is 14.9. The van der Waals surface area contributed by atoms with Gasteiger partial charge in [0, 0.05) is 6.54 Å². The van der Waals surface area contributed by atoms with Crippen molar-refractivity contribution in [1.82, 2.24) is 5.32 Å². The second-order valence-corrected chi connectivity index (χ2v) is 5.27. The van der Waals surface area contributed by atoms with Gasteiger partial charge < -0.3 is 24.3 Å². The minimum Gasteiger partial charge on any atom is -0.497 e. The van der Waals surface area contributed by atoms with Gasteiger partial charge in [-0.3, -0.25) is 4.79 Å². The third-order valence-corrected chi connectivity index (χ3v) is 3.60. The van der Waals surface area contributed by atoms with Gasteiger partial charge in [0.25, 0.3) is 5.91 Å². The van der Waals surface area contributed by atoms with Gasteiger partial charge in [-0.1, -0.05) is 12.1 Å². The van der Waals surface area contributed by atoms with Crippen molar-refractivity contribution in [3.63, 3.8) is 0 Å². The number of amides is 1. The molecule has 1 N–H and O–H groups in total. The number of carbonyl (C=O) groups excluding carboxylic acids is 2. The van der Waals surface area contributed by atoms with E-state index in [2.05, 4.69) is 5.32 Å². The predicted molar refractivity (Wildman–Crippen MR) is 94.7 cm³/mol. The lowest BCUT2D eigenvalue weighted by Crippen LogP contribution is -2.28. The Morgan fingerprint density at radius 1 is 0.923 bits per heavy atom. The number of hydrogen-bond donors (Lipinski definition) is 1. The van der Waals surface area contributed by atoms with Gasteiger partial charge in [0.1, 0.15) is 22.8 Å². The van der Waals surface area contributed by atoms with E-state index in [4.69, 9.17) is 18.9 Å². The molecule has 0 bridgehead atoms. The van der Waals surface area contributed by atoms with Gasteiger partial charge in [-0.2, -0.15) is 0 Å². The summed E-state index contributed by atoms with van der Waals surface area (Å²) in [7, 11) is 4.35. The Morgan fingerprint density at radius 3 is 2.19 bits per heavy atom. The maximum atomic E-state index is 12.0. The van der Waals surface area contributed by atoms with E-state index in [1.807, 2.05) is 24.3 Å². The van der Waals surface area contributed by atoms with E-state index in [1.165, 1.54) is 20.3 Å². The number of carbonyl (C=O) groups is 2. The minimum atomic E-state index is -0.572. The molecule has 0 radical (unpaired) electrons. The van der Waals surface area contributed by atoms with Crippen LogP contribution < -0.4 is 19.5 Å². The highest BCUT2D eigenvalue weighted by Crippen LogP contribution is 2.24. The van der Waals surface area contributed by atoms with Crippen LogP contribution in [0.4, 0.5) is 0 Å². The van der Waals surface area contributed by atoms with E-state index in [0.29, 0.717) is 12.3 Å². The van der Waals surface area contributed by atoms with Crippen LogP contribution in [0.5, 0.6) is 17.2 Å². The molecule has 0 aliphatic heterocycles. The second-order valence-electron chi connectivity index (χ2n) is 5.27. The maximum Gasteiger partial charge on any atom is 0.341 e. The fraction of sp³-hybridized carbons (Fsp3) is 0.263.